The molecule has 0 spiro atoms. The van der Waals surface area contributed by atoms with E-state index < -0.39 is 0 Å². The van der Waals surface area contributed by atoms with Gasteiger partial charge in [0.15, 0.2) is 5.76 Å². The molecular weight excluding hydrogens is 406 g/mol. The topological polar surface area (TPSA) is 67.2 Å². The number of amides is 1. The number of aryl methyl sites for hydroxylation is 3. The molecule has 3 heterocycles. The van der Waals surface area contributed by atoms with Gasteiger partial charge in [0.05, 0.1) is 12.3 Å². The van der Waals surface area contributed by atoms with Crippen molar-refractivity contribution in [2.75, 3.05) is 10.6 Å². The molecule has 0 saturated carbocycles. The second-order valence-electron chi connectivity index (χ2n) is 7.49. The van der Waals surface area contributed by atoms with Gasteiger partial charge in [0, 0.05) is 16.6 Å². The number of nitrogens with one attached hydrogen (secondary N) is 2. The number of hydrogen-bond acceptors (Lipinski definition) is 5. The zero-order valence-corrected chi connectivity index (χ0v) is 18.6. The van der Waals surface area contributed by atoms with E-state index in [1.807, 2.05) is 19.1 Å². The molecule has 31 heavy (non-hydrogen) atoms. The van der Waals surface area contributed by atoms with Crippen molar-refractivity contribution in [1.82, 2.24) is 4.98 Å². The second kappa shape index (κ2) is 9.18. The number of pyridine rings is 1. The fourth-order valence-corrected chi connectivity index (χ4v) is 4.41. The summed E-state index contributed by atoms with van der Waals surface area (Å²) in [4.78, 5) is 18.4. The van der Waals surface area contributed by atoms with Gasteiger partial charge in [-0.15, -0.1) is 11.3 Å². The van der Waals surface area contributed by atoms with E-state index in [1.165, 1.54) is 16.7 Å². The first-order chi connectivity index (χ1) is 15.0. The molecule has 3 aromatic heterocycles. The van der Waals surface area contributed by atoms with E-state index in [1.54, 1.807) is 29.7 Å². The summed E-state index contributed by atoms with van der Waals surface area (Å²) in [6, 6.07) is 17.8. The van der Waals surface area contributed by atoms with Crippen LogP contribution in [0.1, 0.15) is 50.7 Å². The zero-order chi connectivity index (χ0) is 21.8. The lowest BCUT2D eigenvalue weighted by atomic mass is 9.98. The van der Waals surface area contributed by atoms with Gasteiger partial charge in [-0.25, -0.2) is 4.98 Å². The van der Waals surface area contributed by atoms with E-state index >= 15 is 0 Å². The number of carbonyl (C=O) groups excluding carboxylic acids is 1. The summed E-state index contributed by atoms with van der Waals surface area (Å²) < 4.78 is 5.27. The highest BCUT2D eigenvalue weighted by molar-refractivity contribution is 7.16. The van der Waals surface area contributed by atoms with Gasteiger partial charge >= 0.3 is 0 Å². The largest absolute Gasteiger partial charge is 0.459 e. The van der Waals surface area contributed by atoms with E-state index in [0.29, 0.717) is 0 Å². The number of thiophene rings is 1. The number of rotatable bonds is 7. The summed E-state index contributed by atoms with van der Waals surface area (Å²) in [6.45, 7) is 6.23. The van der Waals surface area contributed by atoms with Crippen molar-refractivity contribution in [3.05, 3.63) is 99.9 Å². The highest BCUT2D eigenvalue weighted by Crippen LogP contribution is 2.38. The number of anilines is 2. The average molecular weight is 432 g/mol. The maximum Gasteiger partial charge on any atom is 0.291 e. The van der Waals surface area contributed by atoms with Crippen molar-refractivity contribution in [1.29, 1.82) is 0 Å². The maximum absolute atomic E-state index is 12.7. The number of benzene rings is 1. The van der Waals surface area contributed by atoms with Crippen LogP contribution in [0.3, 0.4) is 0 Å². The predicted octanol–water partition coefficient (Wildman–Crippen LogP) is 6.37. The summed E-state index contributed by atoms with van der Waals surface area (Å²) in [5.41, 5.74) is 4.44. The summed E-state index contributed by atoms with van der Waals surface area (Å²) in [7, 11) is 0. The minimum atomic E-state index is -0.257. The van der Waals surface area contributed by atoms with E-state index in [2.05, 4.69) is 59.8 Å². The quantitative estimate of drug-likeness (QED) is 0.357. The Morgan fingerprint density at radius 3 is 2.58 bits per heavy atom. The molecule has 6 heteroatoms. The van der Waals surface area contributed by atoms with Crippen LogP contribution in [0.5, 0.6) is 0 Å². The minimum Gasteiger partial charge on any atom is -0.459 e. The number of furan rings is 1. The number of hydrogen-bond donors (Lipinski definition) is 2. The van der Waals surface area contributed by atoms with Crippen LogP contribution in [0.4, 0.5) is 10.8 Å². The van der Waals surface area contributed by atoms with Crippen molar-refractivity contribution in [3.8, 4) is 0 Å². The summed E-state index contributed by atoms with van der Waals surface area (Å²) >= 11 is 1.59. The van der Waals surface area contributed by atoms with Crippen molar-refractivity contribution in [2.45, 2.75) is 33.2 Å². The molecular formula is C25H25N3O2S. The Balaban J connectivity index is 1.75. The van der Waals surface area contributed by atoms with Gasteiger partial charge in [-0.2, -0.15) is 0 Å². The molecule has 0 bridgehead atoms. The Bertz CT molecular complexity index is 1160. The highest BCUT2D eigenvalue weighted by Gasteiger charge is 2.23. The normalized spacial score (nSPS) is 11.8. The molecule has 4 aromatic rings. The first-order valence-electron chi connectivity index (χ1n) is 10.3. The molecule has 0 aliphatic heterocycles. The van der Waals surface area contributed by atoms with Gasteiger partial charge in [-0.1, -0.05) is 36.8 Å². The van der Waals surface area contributed by atoms with Crippen LogP contribution in [0.15, 0.2) is 71.5 Å². The first-order valence-corrected chi connectivity index (χ1v) is 11.1. The van der Waals surface area contributed by atoms with Crippen molar-refractivity contribution >= 4 is 28.1 Å². The first kappa shape index (κ1) is 20.9. The van der Waals surface area contributed by atoms with E-state index in [9.17, 15) is 4.79 Å². The molecule has 0 saturated heterocycles. The summed E-state index contributed by atoms with van der Waals surface area (Å²) in [6.07, 6.45) is 4.19. The molecule has 5 nitrogen and oxygen atoms in total. The lowest BCUT2D eigenvalue weighted by Gasteiger charge is -2.21. The molecule has 2 N–H and O–H groups in total. The lowest BCUT2D eigenvalue weighted by Crippen LogP contribution is -2.17. The SMILES string of the molecule is CCc1cc([C@@H](Nc2cc(C)ccn2)c2ccc(C)cc2)c(NC(=O)c2ccco2)s1. The molecule has 0 unspecified atom stereocenters. The third kappa shape index (κ3) is 4.86. The zero-order valence-electron chi connectivity index (χ0n) is 17.8. The molecule has 0 aliphatic rings. The van der Waals surface area contributed by atoms with Gasteiger partial charge in [-0.3, -0.25) is 4.79 Å². The maximum atomic E-state index is 12.7. The van der Waals surface area contributed by atoms with E-state index in [4.69, 9.17) is 4.42 Å². The monoisotopic (exact) mass is 431 g/mol. The smallest absolute Gasteiger partial charge is 0.291 e. The van der Waals surface area contributed by atoms with Gasteiger partial charge < -0.3 is 15.1 Å². The number of nitrogens with zero attached hydrogens (tertiary/aromatic N) is 1. The average Bonchev–Trinajstić information content (AvgIpc) is 3.43. The third-order valence-electron chi connectivity index (χ3n) is 5.06. The van der Waals surface area contributed by atoms with Crippen LogP contribution in [0.25, 0.3) is 0 Å². The Labute approximate surface area is 186 Å². The third-order valence-corrected chi connectivity index (χ3v) is 6.27. The van der Waals surface area contributed by atoms with Gasteiger partial charge in [0.25, 0.3) is 5.91 Å². The predicted molar refractivity (Wildman–Crippen MR) is 126 cm³/mol. The number of aromatic nitrogens is 1. The fourth-order valence-electron chi connectivity index (χ4n) is 3.38. The minimum absolute atomic E-state index is 0.168. The van der Waals surface area contributed by atoms with E-state index in [0.717, 1.165) is 33.9 Å². The second-order valence-corrected chi connectivity index (χ2v) is 8.63. The highest BCUT2D eigenvalue weighted by atomic mass is 32.1. The molecule has 1 amide bonds. The molecule has 0 radical (unpaired) electrons. The Morgan fingerprint density at radius 1 is 1.10 bits per heavy atom. The summed E-state index contributed by atoms with van der Waals surface area (Å²) in [5, 5.41) is 7.44. The van der Waals surface area contributed by atoms with Crippen LogP contribution in [0, 0.1) is 13.8 Å². The molecule has 0 fully saturated rings. The van der Waals surface area contributed by atoms with Crippen LogP contribution in [0.2, 0.25) is 0 Å². The van der Waals surface area contributed by atoms with Gasteiger partial charge in [0.1, 0.15) is 10.8 Å². The Morgan fingerprint density at radius 2 is 1.90 bits per heavy atom. The standard InChI is InChI=1S/C25H25N3O2S/c1-4-19-15-20(25(31-19)28-24(29)21-6-5-13-30-21)23(18-9-7-16(2)8-10-18)27-22-14-17(3)11-12-26-22/h5-15,23H,4H2,1-3H3,(H,26,27)(H,28,29)/t23-/m0/s1. The lowest BCUT2D eigenvalue weighted by molar-refractivity contribution is 0.0997. The fraction of sp³-hybridized carbons (Fsp3) is 0.200. The molecule has 4 rings (SSSR count). The van der Waals surface area contributed by atoms with Gasteiger partial charge in [0.2, 0.25) is 0 Å². The van der Waals surface area contributed by atoms with Crippen LogP contribution in [-0.4, -0.2) is 10.9 Å². The number of carbonyl (C=O) groups is 1. The van der Waals surface area contributed by atoms with E-state index in [-0.39, 0.29) is 17.7 Å². The molecule has 158 valence electrons. The van der Waals surface area contributed by atoms with Gasteiger partial charge in [-0.05, 0) is 61.7 Å². The van der Waals surface area contributed by atoms with Crippen molar-refractivity contribution in [3.63, 3.8) is 0 Å². The van der Waals surface area contributed by atoms with Crippen LogP contribution < -0.4 is 10.6 Å². The van der Waals surface area contributed by atoms with Crippen molar-refractivity contribution < 1.29 is 9.21 Å². The molecule has 1 atom stereocenters. The molecule has 1 aromatic carbocycles. The van der Waals surface area contributed by atoms with Crippen molar-refractivity contribution in [2.24, 2.45) is 0 Å². The summed E-state index contributed by atoms with van der Waals surface area (Å²) in [5.74, 6) is 0.822. The van der Waals surface area contributed by atoms with Crippen LogP contribution >= 0.6 is 11.3 Å². The Hall–Kier alpha value is -3.38. The molecule has 0 aliphatic carbocycles. The van der Waals surface area contributed by atoms with Crippen LogP contribution in [-0.2, 0) is 6.42 Å². The Kier molecular flexibility index (Phi) is 6.18.